The van der Waals surface area contributed by atoms with Crippen molar-refractivity contribution in [3.8, 4) is 0 Å². The number of nitrogens with zero attached hydrogens (tertiary/aromatic N) is 1. The van der Waals surface area contributed by atoms with E-state index >= 15 is 0 Å². The molecule has 0 aromatic rings. The molecule has 1 saturated heterocycles. The minimum absolute atomic E-state index is 0.205. The fraction of sp³-hybridized carbons (Fsp3) is 0.875. The number of carbonyl (C=O) groups is 1. The van der Waals surface area contributed by atoms with Gasteiger partial charge in [-0.2, -0.15) is 12.7 Å². The Morgan fingerprint density at radius 2 is 2.00 bits per heavy atom. The van der Waals surface area contributed by atoms with Crippen LogP contribution in [-0.4, -0.2) is 37.3 Å². The minimum atomic E-state index is -3.74. The van der Waals surface area contributed by atoms with E-state index in [9.17, 15) is 13.2 Å². The molecule has 1 heterocycles. The SMILES string of the molecule is NS(=O)(=O)N1CCC[C@H]1C(=O)NC1CC1. The molecule has 0 bridgehead atoms. The summed E-state index contributed by atoms with van der Waals surface area (Å²) in [7, 11) is -3.74. The lowest BCUT2D eigenvalue weighted by atomic mass is 10.2. The quantitative estimate of drug-likeness (QED) is 0.650. The van der Waals surface area contributed by atoms with E-state index in [1.807, 2.05) is 0 Å². The second kappa shape index (κ2) is 3.73. The molecule has 86 valence electrons. The van der Waals surface area contributed by atoms with Crippen LogP contribution in [0.1, 0.15) is 25.7 Å². The third-order valence-electron chi connectivity index (χ3n) is 2.76. The molecule has 15 heavy (non-hydrogen) atoms. The number of rotatable bonds is 3. The second-order valence-corrected chi connectivity index (χ2v) is 5.60. The smallest absolute Gasteiger partial charge is 0.277 e. The molecule has 3 N–H and O–H groups in total. The Labute approximate surface area is 89.0 Å². The number of hydrogen-bond donors (Lipinski definition) is 2. The molecule has 1 amide bonds. The van der Waals surface area contributed by atoms with Crippen LogP contribution in [0.4, 0.5) is 0 Å². The molecular formula is C8H15N3O3S. The largest absolute Gasteiger partial charge is 0.352 e. The van der Waals surface area contributed by atoms with Gasteiger partial charge in [0.05, 0.1) is 0 Å². The van der Waals surface area contributed by atoms with Gasteiger partial charge in [-0.25, -0.2) is 5.14 Å². The summed E-state index contributed by atoms with van der Waals surface area (Å²) in [6.45, 7) is 0.349. The van der Waals surface area contributed by atoms with E-state index in [0.29, 0.717) is 19.4 Å². The molecular weight excluding hydrogens is 218 g/mol. The van der Waals surface area contributed by atoms with E-state index < -0.39 is 16.3 Å². The maximum atomic E-state index is 11.7. The lowest BCUT2D eigenvalue weighted by Crippen LogP contribution is -2.48. The Morgan fingerprint density at radius 1 is 1.33 bits per heavy atom. The summed E-state index contributed by atoms with van der Waals surface area (Å²) in [6, 6.07) is -0.346. The van der Waals surface area contributed by atoms with Crippen LogP contribution in [0.5, 0.6) is 0 Å². The van der Waals surface area contributed by atoms with Crippen molar-refractivity contribution >= 4 is 16.1 Å². The molecule has 7 heteroatoms. The van der Waals surface area contributed by atoms with Crippen LogP contribution in [0.25, 0.3) is 0 Å². The fourth-order valence-corrected chi connectivity index (χ4v) is 2.77. The Hall–Kier alpha value is -0.660. The third kappa shape index (κ3) is 2.47. The van der Waals surface area contributed by atoms with Gasteiger partial charge in [-0.3, -0.25) is 4.79 Å². The minimum Gasteiger partial charge on any atom is -0.352 e. The molecule has 1 saturated carbocycles. The number of amides is 1. The van der Waals surface area contributed by atoms with Gasteiger partial charge in [0.25, 0.3) is 10.2 Å². The van der Waals surface area contributed by atoms with Crippen molar-refractivity contribution in [2.45, 2.75) is 37.8 Å². The maximum Gasteiger partial charge on any atom is 0.277 e. The molecule has 0 unspecified atom stereocenters. The number of nitrogens with one attached hydrogen (secondary N) is 1. The van der Waals surface area contributed by atoms with Crippen molar-refractivity contribution in [1.82, 2.24) is 9.62 Å². The monoisotopic (exact) mass is 233 g/mol. The van der Waals surface area contributed by atoms with Crippen LogP contribution in [0.15, 0.2) is 0 Å². The van der Waals surface area contributed by atoms with Gasteiger partial charge in [0.15, 0.2) is 0 Å². The predicted octanol–water partition coefficient (Wildman–Crippen LogP) is -1.07. The van der Waals surface area contributed by atoms with Crippen molar-refractivity contribution in [2.75, 3.05) is 6.54 Å². The van der Waals surface area contributed by atoms with Gasteiger partial charge in [0.2, 0.25) is 5.91 Å². The zero-order valence-electron chi connectivity index (χ0n) is 8.35. The molecule has 0 aromatic heterocycles. The molecule has 2 rings (SSSR count). The van der Waals surface area contributed by atoms with E-state index in [2.05, 4.69) is 5.32 Å². The lowest BCUT2D eigenvalue weighted by molar-refractivity contribution is -0.124. The summed E-state index contributed by atoms with van der Waals surface area (Å²) in [5.41, 5.74) is 0. The van der Waals surface area contributed by atoms with Gasteiger partial charge in [-0.1, -0.05) is 0 Å². The highest BCUT2D eigenvalue weighted by molar-refractivity contribution is 7.86. The number of hydrogen-bond acceptors (Lipinski definition) is 3. The molecule has 0 radical (unpaired) electrons. The van der Waals surface area contributed by atoms with Gasteiger partial charge in [-0.15, -0.1) is 0 Å². The molecule has 0 spiro atoms. The highest BCUT2D eigenvalue weighted by Crippen LogP contribution is 2.23. The normalized spacial score (nSPS) is 27.9. The van der Waals surface area contributed by atoms with Crippen LogP contribution < -0.4 is 10.5 Å². The highest BCUT2D eigenvalue weighted by atomic mass is 32.2. The van der Waals surface area contributed by atoms with Crippen LogP contribution >= 0.6 is 0 Å². The van der Waals surface area contributed by atoms with Gasteiger partial charge >= 0.3 is 0 Å². The first kappa shape index (κ1) is 10.8. The van der Waals surface area contributed by atoms with Gasteiger partial charge in [0, 0.05) is 12.6 Å². The molecule has 1 atom stereocenters. The number of carbonyl (C=O) groups excluding carboxylic acids is 1. The Bertz CT molecular complexity index is 363. The van der Waals surface area contributed by atoms with E-state index in [4.69, 9.17) is 5.14 Å². The van der Waals surface area contributed by atoms with Gasteiger partial charge < -0.3 is 5.32 Å². The van der Waals surface area contributed by atoms with Gasteiger partial charge in [-0.05, 0) is 25.7 Å². The zero-order chi connectivity index (χ0) is 11.1. The van der Waals surface area contributed by atoms with Crippen molar-refractivity contribution in [3.05, 3.63) is 0 Å². The standard InChI is InChI=1S/C8H15N3O3S/c9-15(13,14)11-5-1-2-7(11)8(12)10-6-3-4-6/h6-7H,1-5H2,(H,10,12)(H2,9,13,14)/t7-/m0/s1. The van der Waals surface area contributed by atoms with E-state index in [1.165, 1.54) is 0 Å². The van der Waals surface area contributed by atoms with E-state index in [0.717, 1.165) is 17.1 Å². The van der Waals surface area contributed by atoms with Crippen LogP contribution in [0.3, 0.4) is 0 Å². The van der Waals surface area contributed by atoms with Gasteiger partial charge in [0.1, 0.15) is 6.04 Å². The maximum absolute atomic E-state index is 11.7. The zero-order valence-corrected chi connectivity index (χ0v) is 9.16. The average Bonchev–Trinajstić information content (AvgIpc) is 2.80. The third-order valence-corrected chi connectivity index (χ3v) is 3.85. The first-order valence-electron chi connectivity index (χ1n) is 5.08. The highest BCUT2D eigenvalue weighted by Gasteiger charge is 2.38. The molecule has 2 fully saturated rings. The summed E-state index contributed by atoms with van der Waals surface area (Å²) in [6.07, 6.45) is 3.25. The van der Waals surface area contributed by atoms with Crippen molar-refractivity contribution in [1.29, 1.82) is 0 Å². The Kier molecular flexibility index (Phi) is 2.70. The second-order valence-electron chi connectivity index (χ2n) is 4.10. The van der Waals surface area contributed by atoms with Crippen LogP contribution in [0.2, 0.25) is 0 Å². The number of nitrogens with two attached hydrogens (primary N) is 1. The van der Waals surface area contributed by atoms with E-state index in [1.54, 1.807) is 0 Å². The molecule has 1 aliphatic carbocycles. The average molecular weight is 233 g/mol. The summed E-state index contributed by atoms with van der Waals surface area (Å²) < 4.78 is 23.4. The molecule has 6 nitrogen and oxygen atoms in total. The lowest BCUT2D eigenvalue weighted by Gasteiger charge is -2.20. The first-order valence-corrected chi connectivity index (χ1v) is 6.59. The van der Waals surface area contributed by atoms with E-state index in [-0.39, 0.29) is 11.9 Å². The van der Waals surface area contributed by atoms with Crippen LogP contribution in [0, 0.1) is 0 Å². The predicted molar refractivity (Wildman–Crippen MR) is 54.0 cm³/mol. The summed E-state index contributed by atoms with van der Waals surface area (Å²) in [5, 5.41) is 7.83. The molecule has 0 aromatic carbocycles. The van der Waals surface area contributed by atoms with Crippen LogP contribution in [-0.2, 0) is 15.0 Å². The molecule has 2 aliphatic rings. The topological polar surface area (TPSA) is 92.5 Å². The Morgan fingerprint density at radius 3 is 2.53 bits per heavy atom. The summed E-state index contributed by atoms with van der Waals surface area (Å²) in [5.74, 6) is -0.205. The van der Waals surface area contributed by atoms with Crippen molar-refractivity contribution < 1.29 is 13.2 Å². The fourth-order valence-electron chi connectivity index (χ4n) is 1.83. The van der Waals surface area contributed by atoms with Crippen molar-refractivity contribution in [2.24, 2.45) is 5.14 Å². The first-order chi connectivity index (χ1) is 6.98. The summed E-state index contributed by atoms with van der Waals surface area (Å²) >= 11 is 0. The summed E-state index contributed by atoms with van der Waals surface area (Å²) in [4.78, 5) is 11.7. The molecule has 1 aliphatic heterocycles. The Balaban J connectivity index is 2.03. The van der Waals surface area contributed by atoms with Crippen molar-refractivity contribution in [3.63, 3.8) is 0 Å².